The molecule has 0 aromatic carbocycles. The standard InChI is InChI=1S/C11H12N4/c1-4-10-12-7-8(2)11(13-10)15-6-5-9(3)14-15/h4-7H,1H2,2-3H3. The van der Waals surface area contributed by atoms with E-state index in [0.29, 0.717) is 5.82 Å². The van der Waals surface area contributed by atoms with Gasteiger partial charge in [-0.25, -0.2) is 14.6 Å². The van der Waals surface area contributed by atoms with Crippen LogP contribution in [0.4, 0.5) is 0 Å². The topological polar surface area (TPSA) is 43.6 Å². The van der Waals surface area contributed by atoms with E-state index in [2.05, 4.69) is 21.6 Å². The molecule has 0 amide bonds. The van der Waals surface area contributed by atoms with Gasteiger partial charge in [-0.15, -0.1) is 0 Å². The van der Waals surface area contributed by atoms with Gasteiger partial charge in [-0.05, 0) is 26.0 Å². The quantitative estimate of drug-likeness (QED) is 0.743. The Hall–Kier alpha value is -1.97. The molecular weight excluding hydrogens is 188 g/mol. The molecule has 0 radical (unpaired) electrons. The minimum Gasteiger partial charge on any atom is -0.237 e. The molecular formula is C11H12N4. The first kappa shape index (κ1) is 9.58. The molecule has 0 unspecified atom stereocenters. The molecule has 0 fully saturated rings. The average Bonchev–Trinajstić information content (AvgIpc) is 2.65. The highest BCUT2D eigenvalue weighted by molar-refractivity contribution is 5.40. The zero-order valence-corrected chi connectivity index (χ0v) is 8.81. The lowest BCUT2D eigenvalue weighted by Crippen LogP contribution is -2.04. The van der Waals surface area contributed by atoms with E-state index in [9.17, 15) is 0 Å². The summed E-state index contributed by atoms with van der Waals surface area (Å²) in [5.74, 6) is 1.41. The van der Waals surface area contributed by atoms with Gasteiger partial charge in [0.1, 0.15) is 0 Å². The maximum absolute atomic E-state index is 4.35. The predicted octanol–water partition coefficient (Wildman–Crippen LogP) is 1.92. The molecule has 2 aromatic heterocycles. The van der Waals surface area contributed by atoms with Crippen molar-refractivity contribution in [2.45, 2.75) is 13.8 Å². The van der Waals surface area contributed by atoms with E-state index in [4.69, 9.17) is 0 Å². The summed E-state index contributed by atoms with van der Waals surface area (Å²) in [4.78, 5) is 8.47. The van der Waals surface area contributed by atoms with Crippen LogP contribution in [0.25, 0.3) is 11.9 Å². The second-order valence-electron chi connectivity index (χ2n) is 3.34. The van der Waals surface area contributed by atoms with Crippen molar-refractivity contribution in [3.63, 3.8) is 0 Å². The first-order chi connectivity index (χ1) is 7.20. The number of hydrogen-bond donors (Lipinski definition) is 0. The van der Waals surface area contributed by atoms with E-state index in [-0.39, 0.29) is 0 Å². The van der Waals surface area contributed by atoms with Crippen LogP contribution in [0, 0.1) is 13.8 Å². The minimum absolute atomic E-state index is 0.615. The van der Waals surface area contributed by atoms with Crippen LogP contribution in [0.3, 0.4) is 0 Å². The third-order valence-corrected chi connectivity index (χ3v) is 2.09. The maximum atomic E-state index is 4.35. The number of aromatic nitrogens is 4. The smallest absolute Gasteiger partial charge is 0.160 e. The Morgan fingerprint density at radius 3 is 2.80 bits per heavy atom. The lowest BCUT2D eigenvalue weighted by molar-refractivity contribution is 0.814. The van der Waals surface area contributed by atoms with Crippen LogP contribution >= 0.6 is 0 Å². The van der Waals surface area contributed by atoms with Gasteiger partial charge in [0.2, 0.25) is 0 Å². The molecule has 2 aromatic rings. The Morgan fingerprint density at radius 2 is 2.20 bits per heavy atom. The Morgan fingerprint density at radius 1 is 1.40 bits per heavy atom. The van der Waals surface area contributed by atoms with Gasteiger partial charge in [0.15, 0.2) is 11.6 Å². The summed E-state index contributed by atoms with van der Waals surface area (Å²) in [6.45, 7) is 7.55. The van der Waals surface area contributed by atoms with Crippen LogP contribution in [-0.2, 0) is 0 Å². The van der Waals surface area contributed by atoms with Crippen molar-refractivity contribution in [2.75, 3.05) is 0 Å². The summed E-state index contributed by atoms with van der Waals surface area (Å²) in [6, 6.07) is 1.94. The molecule has 2 rings (SSSR count). The van der Waals surface area contributed by atoms with Gasteiger partial charge >= 0.3 is 0 Å². The molecule has 0 saturated heterocycles. The van der Waals surface area contributed by atoms with E-state index in [1.54, 1.807) is 17.0 Å². The van der Waals surface area contributed by atoms with E-state index >= 15 is 0 Å². The largest absolute Gasteiger partial charge is 0.237 e. The van der Waals surface area contributed by atoms with Crippen molar-refractivity contribution in [1.82, 2.24) is 19.7 Å². The molecule has 76 valence electrons. The Labute approximate surface area is 88.3 Å². The third-order valence-electron chi connectivity index (χ3n) is 2.09. The summed E-state index contributed by atoms with van der Waals surface area (Å²) in [7, 11) is 0. The van der Waals surface area contributed by atoms with Crippen LogP contribution in [0.1, 0.15) is 17.1 Å². The van der Waals surface area contributed by atoms with Crippen LogP contribution in [0.2, 0.25) is 0 Å². The SMILES string of the molecule is C=Cc1ncc(C)c(-n2ccc(C)n2)n1. The van der Waals surface area contributed by atoms with Gasteiger partial charge < -0.3 is 0 Å². The van der Waals surface area contributed by atoms with E-state index in [0.717, 1.165) is 17.1 Å². The zero-order chi connectivity index (χ0) is 10.8. The fourth-order valence-electron chi connectivity index (χ4n) is 1.31. The molecule has 4 nitrogen and oxygen atoms in total. The molecule has 0 N–H and O–H groups in total. The highest BCUT2D eigenvalue weighted by Crippen LogP contribution is 2.10. The molecule has 0 bridgehead atoms. The molecule has 2 heterocycles. The number of nitrogens with zero attached hydrogens (tertiary/aromatic N) is 4. The van der Waals surface area contributed by atoms with E-state index < -0.39 is 0 Å². The van der Waals surface area contributed by atoms with Gasteiger partial charge in [0, 0.05) is 18.0 Å². The Kier molecular flexibility index (Phi) is 2.33. The van der Waals surface area contributed by atoms with Gasteiger partial charge in [-0.3, -0.25) is 0 Å². The maximum Gasteiger partial charge on any atom is 0.160 e. The van der Waals surface area contributed by atoms with Gasteiger partial charge in [0.05, 0.1) is 5.69 Å². The highest BCUT2D eigenvalue weighted by Gasteiger charge is 2.05. The summed E-state index contributed by atoms with van der Waals surface area (Å²) in [5.41, 5.74) is 1.96. The Bertz CT molecular complexity index is 499. The lowest BCUT2D eigenvalue weighted by atomic mass is 10.3. The van der Waals surface area contributed by atoms with E-state index in [1.807, 2.05) is 26.1 Å². The summed E-state index contributed by atoms with van der Waals surface area (Å²) >= 11 is 0. The van der Waals surface area contributed by atoms with Crippen LogP contribution in [0.5, 0.6) is 0 Å². The minimum atomic E-state index is 0.615. The van der Waals surface area contributed by atoms with Crippen molar-refractivity contribution < 1.29 is 0 Å². The van der Waals surface area contributed by atoms with Gasteiger partial charge in [0.25, 0.3) is 0 Å². The van der Waals surface area contributed by atoms with Crippen LogP contribution < -0.4 is 0 Å². The fraction of sp³-hybridized carbons (Fsp3) is 0.182. The van der Waals surface area contributed by atoms with Crippen molar-refractivity contribution in [3.8, 4) is 5.82 Å². The number of aryl methyl sites for hydroxylation is 2. The molecule has 4 heteroatoms. The first-order valence-electron chi connectivity index (χ1n) is 4.69. The van der Waals surface area contributed by atoms with Crippen LogP contribution in [0.15, 0.2) is 25.0 Å². The first-order valence-corrected chi connectivity index (χ1v) is 4.69. The second-order valence-corrected chi connectivity index (χ2v) is 3.34. The predicted molar refractivity (Wildman–Crippen MR) is 58.7 cm³/mol. The summed E-state index contributed by atoms with van der Waals surface area (Å²) < 4.78 is 1.75. The highest BCUT2D eigenvalue weighted by atomic mass is 15.3. The van der Waals surface area contributed by atoms with Crippen molar-refractivity contribution in [2.24, 2.45) is 0 Å². The van der Waals surface area contributed by atoms with Gasteiger partial charge in [-0.2, -0.15) is 5.10 Å². The molecule has 0 aliphatic heterocycles. The average molecular weight is 200 g/mol. The molecule has 0 atom stereocenters. The Balaban J connectivity index is 2.55. The van der Waals surface area contributed by atoms with Crippen molar-refractivity contribution in [1.29, 1.82) is 0 Å². The number of hydrogen-bond acceptors (Lipinski definition) is 3. The van der Waals surface area contributed by atoms with Crippen molar-refractivity contribution >= 4 is 6.08 Å². The second kappa shape index (κ2) is 3.65. The van der Waals surface area contributed by atoms with Crippen LogP contribution in [-0.4, -0.2) is 19.7 Å². The molecule has 0 aliphatic rings. The monoisotopic (exact) mass is 200 g/mol. The summed E-state index contributed by atoms with van der Waals surface area (Å²) in [6.07, 6.45) is 5.28. The zero-order valence-electron chi connectivity index (χ0n) is 8.81. The lowest BCUT2D eigenvalue weighted by Gasteiger charge is -2.04. The van der Waals surface area contributed by atoms with Crippen molar-refractivity contribution in [3.05, 3.63) is 42.1 Å². The molecule has 0 saturated carbocycles. The molecule has 0 spiro atoms. The number of rotatable bonds is 2. The molecule has 15 heavy (non-hydrogen) atoms. The fourth-order valence-corrected chi connectivity index (χ4v) is 1.31. The van der Waals surface area contributed by atoms with Gasteiger partial charge in [-0.1, -0.05) is 6.58 Å². The normalized spacial score (nSPS) is 10.3. The molecule has 0 aliphatic carbocycles. The third kappa shape index (κ3) is 1.79. The van der Waals surface area contributed by atoms with E-state index in [1.165, 1.54) is 0 Å². The summed E-state index contributed by atoms with van der Waals surface area (Å²) in [5, 5.41) is 4.31.